The van der Waals surface area contributed by atoms with Crippen molar-refractivity contribution in [3.8, 4) is 0 Å². The number of hydrogen-bond acceptors (Lipinski definition) is 6. The van der Waals surface area contributed by atoms with Crippen molar-refractivity contribution in [2.24, 2.45) is 5.92 Å². The first-order valence-electron chi connectivity index (χ1n) is 10.1. The van der Waals surface area contributed by atoms with Crippen molar-refractivity contribution in [3.05, 3.63) is 16.8 Å². The highest BCUT2D eigenvalue weighted by molar-refractivity contribution is 7.19. The normalized spacial score (nSPS) is 24.6. The fourth-order valence-electron chi connectivity index (χ4n) is 4.55. The van der Waals surface area contributed by atoms with Crippen LogP contribution in [0.5, 0.6) is 0 Å². The third-order valence-electron chi connectivity index (χ3n) is 6.25. The molecule has 0 aromatic carbocycles. The summed E-state index contributed by atoms with van der Waals surface area (Å²) in [6, 6.07) is 0.760. The summed E-state index contributed by atoms with van der Waals surface area (Å²) in [5.74, 6) is 0.986. The molecule has 2 fully saturated rings. The summed E-state index contributed by atoms with van der Waals surface area (Å²) in [6.07, 6.45) is 11.0. The van der Waals surface area contributed by atoms with Gasteiger partial charge in [-0.25, -0.2) is 9.97 Å². The van der Waals surface area contributed by atoms with E-state index in [-0.39, 0.29) is 6.54 Å². The van der Waals surface area contributed by atoms with Crippen LogP contribution in [-0.2, 0) is 17.6 Å². The number of thiophene rings is 1. The summed E-state index contributed by atoms with van der Waals surface area (Å²) in [4.78, 5) is 25.1. The molecule has 2 saturated carbocycles. The van der Waals surface area contributed by atoms with Gasteiger partial charge in [-0.15, -0.1) is 11.3 Å². The van der Waals surface area contributed by atoms with Gasteiger partial charge in [0.1, 0.15) is 17.0 Å². The van der Waals surface area contributed by atoms with Crippen LogP contribution >= 0.6 is 11.3 Å². The molecular formula is C20H26N4O2S. The molecule has 0 unspecified atom stereocenters. The highest BCUT2D eigenvalue weighted by atomic mass is 32.1. The van der Waals surface area contributed by atoms with Gasteiger partial charge in [0.25, 0.3) is 0 Å². The van der Waals surface area contributed by atoms with E-state index in [4.69, 9.17) is 0 Å². The molecule has 0 bridgehead atoms. The number of carbonyl (C=O) groups is 1. The van der Waals surface area contributed by atoms with Crippen LogP contribution in [-0.4, -0.2) is 51.1 Å². The quantitative estimate of drug-likeness (QED) is 0.760. The molecule has 3 aliphatic rings. The van der Waals surface area contributed by atoms with E-state index in [0.29, 0.717) is 12.1 Å². The van der Waals surface area contributed by atoms with Crippen LogP contribution in [0, 0.1) is 5.92 Å². The Balaban J connectivity index is 1.28. The van der Waals surface area contributed by atoms with Gasteiger partial charge >= 0.3 is 5.97 Å². The number of aliphatic carboxylic acids is 1. The summed E-state index contributed by atoms with van der Waals surface area (Å²) in [7, 11) is 0. The van der Waals surface area contributed by atoms with E-state index in [1.807, 2.05) is 11.3 Å². The first-order valence-corrected chi connectivity index (χ1v) is 11.0. The number of nitrogens with one attached hydrogen (secondary N) is 1. The van der Waals surface area contributed by atoms with E-state index in [9.17, 15) is 9.90 Å². The molecular weight excluding hydrogens is 360 g/mol. The molecule has 144 valence electrons. The van der Waals surface area contributed by atoms with Gasteiger partial charge in [0.15, 0.2) is 0 Å². The number of nitrogens with zero attached hydrogens (tertiary/aromatic N) is 3. The van der Waals surface area contributed by atoms with Gasteiger partial charge in [-0.2, -0.15) is 0 Å². The lowest BCUT2D eigenvalue weighted by molar-refractivity contribution is -0.139. The molecule has 2 aromatic rings. The molecule has 2 heterocycles. The zero-order valence-corrected chi connectivity index (χ0v) is 16.3. The van der Waals surface area contributed by atoms with Crippen LogP contribution in [0.25, 0.3) is 10.2 Å². The number of carboxylic acid groups (broad SMARTS) is 1. The van der Waals surface area contributed by atoms with E-state index < -0.39 is 5.97 Å². The Morgan fingerprint density at radius 1 is 1.26 bits per heavy atom. The molecule has 2 N–H and O–H groups in total. The molecule has 0 spiro atoms. The standard InChI is InChI=1S/C20H26N4O2S/c25-17(26)10-24(9-12-5-6-12)14-7-13(8-14)23-19-18-15-3-1-2-4-16(15)27-20(18)22-11-21-19/h11-14H,1-10H2,(H,25,26)(H,21,22,23). The van der Waals surface area contributed by atoms with Crippen LogP contribution < -0.4 is 5.32 Å². The maximum atomic E-state index is 11.2. The Morgan fingerprint density at radius 2 is 2.07 bits per heavy atom. The molecule has 2 aromatic heterocycles. The number of rotatable bonds is 7. The molecule has 0 aliphatic heterocycles. The third kappa shape index (κ3) is 3.55. The first kappa shape index (κ1) is 17.4. The van der Waals surface area contributed by atoms with Crippen LogP contribution in [0.1, 0.15) is 49.0 Å². The number of aryl methyl sites for hydroxylation is 2. The smallest absolute Gasteiger partial charge is 0.317 e. The van der Waals surface area contributed by atoms with Crippen molar-refractivity contribution in [1.82, 2.24) is 14.9 Å². The Morgan fingerprint density at radius 3 is 2.85 bits per heavy atom. The molecule has 0 atom stereocenters. The van der Waals surface area contributed by atoms with Gasteiger partial charge < -0.3 is 10.4 Å². The molecule has 3 aliphatic carbocycles. The average Bonchev–Trinajstić information content (AvgIpc) is 3.34. The minimum absolute atomic E-state index is 0.170. The topological polar surface area (TPSA) is 78.4 Å². The number of anilines is 1. The minimum Gasteiger partial charge on any atom is -0.480 e. The maximum absolute atomic E-state index is 11.2. The molecule has 0 saturated heterocycles. The van der Waals surface area contributed by atoms with Gasteiger partial charge in [-0.05, 0) is 62.8 Å². The molecule has 7 heteroatoms. The van der Waals surface area contributed by atoms with Crippen molar-refractivity contribution < 1.29 is 9.90 Å². The van der Waals surface area contributed by atoms with Crippen molar-refractivity contribution in [3.63, 3.8) is 0 Å². The van der Waals surface area contributed by atoms with E-state index in [1.165, 1.54) is 47.9 Å². The van der Waals surface area contributed by atoms with E-state index >= 15 is 0 Å². The number of hydrogen-bond donors (Lipinski definition) is 2. The van der Waals surface area contributed by atoms with Crippen LogP contribution in [0.3, 0.4) is 0 Å². The molecule has 6 nitrogen and oxygen atoms in total. The zero-order chi connectivity index (χ0) is 18.4. The monoisotopic (exact) mass is 386 g/mol. The summed E-state index contributed by atoms with van der Waals surface area (Å²) in [5, 5.41) is 14.1. The number of fused-ring (bicyclic) bond motifs is 3. The summed E-state index contributed by atoms with van der Waals surface area (Å²) < 4.78 is 0. The summed E-state index contributed by atoms with van der Waals surface area (Å²) >= 11 is 1.83. The van der Waals surface area contributed by atoms with Gasteiger partial charge in [-0.3, -0.25) is 9.69 Å². The lowest BCUT2D eigenvalue weighted by Gasteiger charge is -2.43. The first-order chi connectivity index (χ1) is 13.2. The van der Waals surface area contributed by atoms with Crippen LogP contribution in [0.2, 0.25) is 0 Å². The Bertz CT molecular complexity index is 857. The average molecular weight is 387 g/mol. The highest BCUT2D eigenvalue weighted by Crippen LogP contribution is 2.40. The lowest BCUT2D eigenvalue weighted by Crippen LogP contribution is -2.52. The summed E-state index contributed by atoms with van der Waals surface area (Å²) in [6.45, 7) is 1.11. The second-order valence-corrected chi connectivity index (χ2v) is 9.43. The lowest BCUT2D eigenvalue weighted by atomic mass is 9.85. The zero-order valence-electron chi connectivity index (χ0n) is 15.5. The molecule has 0 radical (unpaired) electrons. The SMILES string of the molecule is O=C(O)CN(CC1CC1)C1CC(Nc2ncnc3sc4c(c23)CCCC4)C1. The van der Waals surface area contributed by atoms with Crippen molar-refractivity contribution in [2.75, 3.05) is 18.4 Å². The van der Waals surface area contributed by atoms with Crippen LogP contribution in [0.4, 0.5) is 5.82 Å². The second-order valence-electron chi connectivity index (χ2n) is 8.35. The highest BCUT2D eigenvalue weighted by Gasteiger charge is 2.37. The molecule has 27 heavy (non-hydrogen) atoms. The predicted molar refractivity (Wildman–Crippen MR) is 106 cm³/mol. The maximum Gasteiger partial charge on any atom is 0.317 e. The van der Waals surface area contributed by atoms with Gasteiger partial charge in [-0.1, -0.05) is 0 Å². The predicted octanol–water partition coefficient (Wildman–Crippen LogP) is 3.31. The Kier molecular flexibility index (Phi) is 4.52. The minimum atomic E-state index is -0.713. The van der Waals surface area contributed by atoms with Gasteiger partial charge in [0, 0.05) is 23.5 Å². The number of carboxylic acids is 1. The van der Waals surface area contributed by atoms with Crippen molar-refractivity contribution in [1.29, 1.82) is 0 Å². The summed E-state index contributed by atoms with van der Waals surface area (Å²) in [5.41, 5.74) is 1.46. The van der Waals surface area contributed by atoms with Crippen molar-refractivity contribution in [2.45, 2.75) is 63.5 Å². The second kappa shape index (κ2) is 7.02. The van der Waals surface area contributed by atoms with Gasteiger partial charge in [0.05, 0.1) is 11.9 Å². The molecule has 5 rings (SSSR count). The number of aromatic nitrogens is 2. The van der Waals surface area contributed by atoms with Crippen molar-refractivity contribution >= 4 is 33.3 Å². The largest absolute Gasteiger partial charge is 0.480 e. The fourth-order valence-corrected chi connectivity index (χ4v) is 5.77. The molecule has 0 amide bonds. The van der Waals surface area contributed by atoms with E-state index in [1.54, 1.807) is 6.33 Å². The van der Waals surface area contributed by atoms with Crippen LogP contribution in [0.15, 0.2) is 6.33 Å². The van der Waals surface area contributed by atoms with E-state index in [2.05, 4.69) is 20.2 Å². The Labute approximate surface area is 163 Å². The fraction of sp³-hybridized carbons (Fsp3) is 0.650. The Hall–Kier alpha value is -1.73. The van der Waals surface area contributed by atoms with E-state index in [0.717, 1.165) is 42.4 Å². The van der Waals surface area contributed by atoms with Gasteiger partial charge in [0.2, 0.25) is 0 Å². The third-order valence-corrected chi connectivity index (χ3v) is 7.45.